The molecule has 1 N–H and O–H groups in total. The summed E-state index contributed by atoms with van der Waals surface area (Å²) < 4.78 is 23.1. The van der Waals surface area contributed by atoms with Crippen molar-refractivity contribution in [3.05, 3.63) is 5.82 Å². The maximum absolute atomic E-state index is 11.7. The third-order valence-electron chi connectivity index (χ3n) is 2.99. The summed E-state index contributed by atoms with van der Waals surface area (Å²) in [7, 11) is -3.49. The Balaban J connectivity index is 3.50. The number of rotatable bonds is 4. The van der Waals surface area contributed by atoms with Crippen molar-refractivity contribution < 1.29 is 18.3 Å². The Labute approximate surface area is 105 Å². The van der Waals surface area contributed by atoms with Crippen molar-refractivity contribution in [1.29, 1.82) is 0 Å². The number of nitrogens with zero attached hydrogens (tertiary/aromatic N) is 4. The van der Waals surface area contributed by atoms with Crippen LogP contribution >= 0.6 is 0 Å². The molecule has 0 radical (unpaired) electrons. The third-order valence-corrected chi connectivity index (χ3v) is 5.02. The molecule has 1 heterocycles. The van der Waals surface area contributed by atoms with Gasteiger partial charge in [0.2, 0.25) is 0 Å². The van der Waals surface area contributed by atoms with E-state index in [0.29, 0.717) is 0 Å². The molecule has 0 spiro atoms. The van der Waals surface area contributed by atoms with Crippen LogP contribution in [0.2, 0.25) is 0 Å². The number of carboxylic acid groups (broad SMARTS) is 1. The number of sulfone groups is 1. The SMILES string of the molecule is CC(C)(C(=O)O)n1nnnc1C(C)(C)S(C)(=O)=O. The number of hydrogen-bond donors (Lipinski definition) is 1. The molecule has 0 amide bonds. The zero-order chi connectivity index (χ0) is 14.4. The van der Waals surface area contributed by atoms with Gasteiger partial charge in [-0.3, -0.25) is 0 Å². The Bertz CT molecular complexity index is 573. The number of aliphatic carboxylic acids is 1. The van der Waals surface area contributed by atoms with Gasteiger partial charge in [0.05, 0.1) is 0 Å². The zero-order valence-electron chi connectivity index (χ0n) is 10.9. The van der Waals surface area contributed by atoms with Crippen LogP contribution in [0.1, 0.15) is 33.5 Å². The van der Waals surface area contributed by atoms with Crippen LogP contribution in [0.3, 0.4) is 0 Å². The van der Waals surface area contributed by atoms with Crippen LogP contribution < -0.4 is 0 Å². The third kappa shape index (κ3) is 2.09. The fourth-order valence-electron chi connectivity index (χ4n) is 1.20. The summed E-state index contributed by atoms with van der Waals surface area (Å²) >= 11 is 0. The fourth-order valence-corrected chi connectivity index (χ4v) is 1.65. The van der Waals surface area contributed by atoms with Crippen molar-refractivity contribution >= 4 is 15.8 Å². The van der Waals surface area contributed by atoms with Crippen LogP contribution in [-0.2, 0) is 24.9 Å². The molecule has 0 bridgehead atoms. The Morgan fingerprint density at radius 1 is 1.28 bits per heavy atom. The zero-order valence-corrected chi connectivity index (χ0v) is 11.7. The number of hydrogen-bond acceptors (Lipinski definition) is 6. The second-order valence-electron chi connectivity index (χ2n) is 5.06. The smallest absolute Gasteiger partial charge is 0.331 e. The Morgan fingerprint density at radius 3 is 2.17 bits per heavy atom. The van der Waals surface area contributed by atoms with Gasteiger partial charge in [-0.25, -0.2) is 17.9 Å². The van der Waals surface area contributed by atoms with E-state index in [1.807, 2.05) is 0 Å². The highest BCUT2D eigenvalue weighted by Crippen LogP contribution is 2.29. The van der Waals surface area contributed by atoms with Gasteiger partial charge in [0.15, 0.2) is 21.2 Å². The van der Waals surface area contributed by atoms with Crippen molar-refractivity contribution in [3.63, 3.8) is 0 Å². The minimum atomic E-state index is -3.49. The van der Waals surface area contributed by atoms with Crippen molar-refractivity contribution in [3.8, 4) is 0 Å². The van der Waals surface area contributed by atoms with E-state index in [2.05, 4.69) is 15.5 Å². The Kier molecular flexibility index (Phi) is 3.24. The van der Waals surface area contributed by atoms with Crippen molar-refractivity contribution in [2.45, 2.75) is 38.0 Å². The fraction of sp³-hybridized carbons (Fsp3) is 0.778. The molecule has 18 heavy (non-hydrogen) atoms. The maximum Gasteiger partial charge on any atom is 0.331 e. The van der Waals surface area contributed by atoms with E-state index in [-0.39, 0.29) is 5.82 Å². The Morgan fingerprint density at radius 2 is 1.78 bits per heavy atom. The lowest BCUT2D eigenvalue weighted by atomic mass is 10.1. The van der Waals surface area contributed by atoms with Gasteiger partial charge < -0.3 is 5.11 Å². The molecular weight excluding hydrogens is 260 g/mol. The van der Waals surface area contributed by atoms with Crippen molar-refractivity contribution in [1.82, 2.24) is 20.2 Å². The second kappa shape index (κ2) is 4.01. The molecule has 1 aromatic heterocycles. The lowest BCUT2D eigenvalue weighted by Crippen LogP contribution is -2.42. The summed E-state index contributed by atoms with van der Waals surface area (Å²) in [5, 5.41) is 19.8. The van der Waals surface area contributed by atoms with E-state index in [0.717, 1.165) is 10.9 Å². The highest BCUT2D eigenvalue weighted by molar-refractivity contribution is 7.91. The molecule has 0 saturated carbocycles. The van der Waals surface area contributed by atoms with Crippen LogP contribution in [-0.4, -0.2) is 46.0 Å². The molecule has 0 aromatic carbocycles. The quantitative estimate of drug-likeness (QED) is 0.807. The summed E-state index contributed by atoms with van der Waals surface area (Å²) in [4.78, 5) is 11.2. The molecule has 0 atom stereocenters. The second-order valence-corrected chi connectivity index (χ2v) is 7.63. The lowest BCUT2D eigenvalue weighted by molar-refractivity contribution is -0.146. The topological polar surface area (TPSA) is 115 Å². The normalized spacial score (nSPS) is 13.6. The summed E-state index contributed by atoms with van der Waals surface area (Å²) in [6.45, 7) is 5.66. The molecule has 0 aliphatic rings. The number of carboxylic acids is 1. The molecular formula is C9H16N4O4S. The van der Waals surface area contributed by atoms with E-state index in [1.54, 1.807) is 0 Å². The first-order valence-corrected chi connectivity index (χ1v) is 7.04. The molecule has 0 aliphatic heterocycles. The molecule has 0 saturated heterocycles. The van der Waals surface area contributed by atoms with Gasteiger partial charge in [-0.1, -0.05) is 0 Å². The van der Waals surface area contributed by atoms with Crippen LogP contribution in [0.4, 0.5) is 0 Å². The average Bonchev–Trinajstić information content (AvgIpc) is 2.64. The molecule has 0 fully saturated rings. The van der Waals surface area contributed by atoms with E-state index >= 15 is 0 Å². The summed E-state index contributed by atoms with van der Waals surface area (Å²) in [5.41, 5.74) is -1.43. The van der Waals surface area contributed by atoms with Crippen LogP contribution in [0.25, 0.3) is 0 Å². The van der Waals surface area contributed by atoms with Gasteiger partial charge in [-0.2, -0.15) is 0 Å². The monoisotopic (exact) mass is 276 g/mol. The van der Waals surface area contributed by atoms with E-state index in [4.69, 9.17) is 5.11 Å². The van der Waals surface area contributed by atoms with Gasteiger partial charge in [-0.15, -0.1) is 5.10 Å². The van der Waals surface area contributed by atoms with E-state index < -0.39 is 26.1 Å². The molecule has 0 aliphatic carbocycles. The molecule has 1 aromatic rings. The van der Waals surface area contributed by atoms with Crippen molar-refractivity contribution in [2.75, 3.05) is 6.26 Å². The first-order valence-electron chi connectivity index (χ1n) is 5.14. The molecule has 1 rings (SSSR count). The highest BCUT2D eigenvalue weighted by Gasteiger charge is 2.43. The van der Waals surface area contributed by atoms with E-state index in [1.165, 1.54) is 27.7 Å². The predicted molar refractivity (Wildman–Crippen MR) is 62.6 cm³/mol. The van der Waals surface area contributed by atoms with Gasteiger partial charge in [0.1, 0.15) is 4.75 Å². The van der Waals surface area contributed by atoms with E-state index in [9.17, 15) is 13.2 Å². The van der Waals surface area contributed by atoms with Gasteiger partial charge >= 0.3 is 5.97 Å². The van der Waals surface area contributed by atoms with Crippen LogP contribution in [0.5, 0.6) is 0 Å². The standard InChI is InChI=1S/C9H16N4O4S/c1-8(2,7(14)15)13-6(10-11-12-13)9(3,4)18(5,16)17/h1-5H3,(H,14,15). The number of carbonyl (C=O) groups is 1. The van der Waals surface area contributed by atoms with Gasteiger partial charge in [-0.05, 0) is 38.1 Å². The minimum Gasteiger partial charge on any atom is -0.479 e. The van der Waals surface area contributed by atoms with Gasteiger partial charge in [0.25, 0.3) is 0 Å². The minimum absolute atomic E-state index is 0.00241. The maximum atomic E-state index is 11.7. The molecule has 102 valence electrons. The molecule has 9 heteroatoms. The highest BCUT2D eigenvalue weighted by atomic mass is 32.2. The van der Waals surface area contributed by atoms with Crippen molar-refractivity contribution in [2.24, 2.45) is 0 Å². The largest absolute Gasteiger partial charge is 0.479 e. The first-order chi connectivity index (χ1) is 7.92. The first kappa shape index (κ1) is 14.6. The van der Waals surface area contributed by atoms with Crippen LogP contribution in [0, 0.1) is 0 Å². The predicted octanol–water partition coefficient (Wildman–Crippen LogP) is -0.228. The van der Waals surface area contributed by atoms with Gasteiger partial charge in [0, 0.05) is 6.26 Å². The number of aromatic nitrogens is 4. The molecule has 0 unspecified atom stereocenters. The number of tetrazole rings is 1. The summed E-state index contributed by atoms with van der Waals surface area (Å²) in [6, 6.07) is 0. The average molecular weight is 276 g/mol. The molecule has 8 nitrogen and oxygen atoms in total. The summed E-state index contributed by atoms with van der Waals surface area (Å²) in [5.74, 6) is -1.15. The van der Waals surface area contributed by atoms with Crippen LogP contribution in [0.15, 0.2) is 0 Å². The lowest BCUT2D eigenvalue weighted by Gasteiger charge is -2.26. The summed E-state index contributed by atoms with van der Waals surface area (Å²) in [6.07, 6.45) is 1.06. The Hall–Kier alpha value is -1.51.